The monoisotopic (exact) mass is 228 g/mol. The Bertz CT molecular complexity index is 324. The lowest BCUT2D eigenvalue weighted by Gasteiger charge is -2.38. The minimum atomic E-state index is -2.53. The van der Waals surface area contributed by atoms with Crippen LogP contribution in [0.5, 0.6) is 0 Å². The van der Waals surface area contributed by atoms with Crippen molar-refractivity contribution in [2.75, 3.05) is 0 Å². The summed E-state index contributed by atoms with van der Waals surface area (Å²) in [5, 5.41) is 10.5. The highest BCUT2D eigenvalue weighted by molar-refractivity contribution is 5.24. The quantitative estimate of drug-likeness (QED) is 0.837. The van der Waals surface area contributed by atoms with Crippen LogP contribution in [0, 0.1) is 11.8 Å². The van der Waals surface area contributed by atoms with Crippen molar-refractivity contribution >= 4 is 0 Å². The zero-order valence-electron chi connectivity index (χ0n) is 9.82. The summed E-state index contributed by atoms with van der Waals surface area (Å²) in [4.78, 5) is 0. The minimum Gasteiger partial charge on any atom is -0.384 e. The number of rotatable bonds is 4. The van der Waals surface area contributed by atoms with E-state index in [1.807, 2.05) is 0 Å². The van der Waals surface area contributed by atoms with Gasteiger partial charge in [0.05, 0.1) is 11.5 Å². The van der Waals surface area contributed by atoms with E-state index in [2.05, 4.69) is 0 Å². The van der Waals surface area contributed by atoms with Gasteiger partial charge in [-0.1, -0.05) is 51.1 Å². The van der Waals surface area contributed by atoms with E-state index >= 15 is 0 Å². The predicted molar refractivity (Wildman–Crippen MR) is 60.3 cm³/mol. The van der Waals surface area contributed by atoms with Crippen molar-refractivity contribution in [1.29, 1.82) is 0 Å². The van der Waals surface area contributed by atoms with Crippen LogP contribution in [0.2, 0.25) is 0 Å². The second-order valence-electron chi connectivity index (χ2n) is 4.47. The van der Waals surface area contributed by atoms with Crippen LogP contribution in [0.25, 0.3) is 0 Å². The summed E-state index contributed by atoms with van der Waals surface area (Å²) in [5.41, 5.74) is -0.923. The van der Waals surface area contributed by atoms with E-state index in [1.165, 1.54) is 6.92 Å². The summed E-state index contributed by atoms with van der Waals surface area (Å²) < 4.78 is 25.6. The van der Waals surface area contributed by atoms with Crippen molar-refractivity contribution in [3.63, 3.8) is 0 Å². The lowest BCUT2D eigenvalue weighted by atomic mass is 9.74. The fraction of sp³-hybridized carbons (Fsp3) is 0.538. The van der Waals surface area contributed by atoms with Crippen molar-refractivity contribution in [1.82, 2.24) is 0 Å². The van der Waals surface area contributed by atoms with Crippen molar-refractivity contribution in [2.45, 2.75) is 32.8 Å². The number of halogens is 2. The van der Waals surface area contributed by atoms with E-state index < -0.39 is 17.9 Å². The molecule has 1 N–H and O–H groups in total. The molecule has 16 heavy (non-hydrogen) atoms. The van der Waals surface area contributed by atoms with Crippen molar-refractivity contribution in [3.05, 3.63) is 35.9 Å². The van der Waals surface area contributed by atoms with Gasteiger partial charge < -0.3 is 5.11 Å². The van der Waals surface area contributed by atoms with Gasteiger partial charge in [0.2, 0.25) is 6.43 Å². The van der Waals surface area contributed by atoms with Gasteiger partial charge in [-0.05, 0) is 11.5 Å². The first-order valence-electron chi connectivity index (χ1n) is 5.46. The van der Waals surface area contributed by atoms with Crippen LogP contribution >= 0.6 is 0 Å². The molecule has 0 saturated carbocycles. The average Bonchev–Trinajstić information content (AvgIpc) is 2.27. The molecule has 0 heterocycles. The lowest BCUT2D eigenvalue weighted by Crippen LogP contribution is -2.42. The minimum absolute atomic E-state index is 0.265. The van der Waals surface area contributed by atoms with Crippen molar-refractivity contribution < 1.29 is 13.9 Å². The van der Waals surface area contributed by atoms with Crippen LogP contribution in [-0.4, -0.2) is 11.5 Å². The summed E-state index contributed by atoms with van der Waals surface area (Å²) in [6, 6.07) is 8.69. The molecule has 2 atom stereocenters. The number of benzene rings is 1. The Labute approximate surface area is 95.1 Å². The SMILES string of the molecule is CC(C)C(O)(c1ccccc1)C(C)C(F)F. The summed E-state index contributed by atoms with van der Waals surface area (Å²) in [7, 11) is 0. The average molecular weight is 228 g/mol. The van der Waals surface area contributed by atoms with Gasteiger partial charge in [0.1, 0.15) is 0 Å². The number of hydrogen-bond donors (Lipinski definition) is 1. The first-order valence-corrected chi connectivity index (χ1v) is 5.46. The second-order valence-corrected chi connectivity index (χ2v) is 4.47. The standard InChI is InChI=1S/C13H18F2O/c1-9(2)13(16,10(3)12(14)15)11-7-5-4-6-8-11/h4-10,12,16H,1-3H3. The highest BCUT2D eigenvalue weighted by atomic mass is 19.3. The highest BCUT2D eigenvalue weighted by Gasteiger charge is 2.43. The van der Waals surface area contributed by atoms with E-state index in [4.69, 9.17) is 0 Å². The Hall–Kier alpha value is -0.960. The maximum absolute atomic E-state index is 12.8. The number of aliphatic hydroxyl groups is 1. The fourth-order valence-electron chi connectivity index (χ4n) is 2.02. The van der Waals surface area contributed by atoms with Crippen LogP contribution < -0.4 is 0 Å². The molecule has 3 heteroatoms. The summed E-state index contributed by atoms with van der Waals surface area (Å²) >= 11 is 0. The Morgan fingerprint density at radius 3 is 1.94 bits per heavy atom. The normalized spacial score (nSPS) is 17.5. The molecule has 0 aliphatic carbocycles. The third-order valence-electron chi connectivity index (χ3n) is 3.19. The second kappa shape index (κ2) is 4.91. The molecule has 0 amide bonds. The largest absolute Gasteiger partial charge is 0.384 e. The first-order chi connectivity index (χ1) is 7.40. The van der Waals surface area contributed by atoms with Crippen molar-refractivity contribution in [3.8, 4) is 0 Å². The predicted octanol–water partition coefficient (Wildman–Crippen LogP) is 3.43. The Morgan fingerprint density at radius 2 is 1.56 bits per heavy atom. The topological polar surface area (TPSA) is 20.2 Å². The number of alkyl halides is 2. The van der Waals surface area contributed by atoms with Crippen molar-refractivity contribution in [2.24, 2.45) is 11.8 Å². The van der Waals surface area contributed by atoms with Crippen LogP contribution in [0.15, 0.2) is 30.3 Å². The van der Waals surface area contributed by atoms with E-state index in [0.29, 0.717) is 5.56 Å². The first kappa shape index (κ1) is 13.1. The zero-order valence-corrected chi connectivity index (χ0v) is 9.82. The third-order valence-corrected chi connectivity index (χ3v) is 3.19. The van der Waals surface area contributed by atoms with Crippen LogP contribution in [0.3, 0.4) is 0 Å². The molecule has 0 aliphatic rings. The lowest BCUT2D eigenvalue weighted by molar-refractivity contribution is -0.112. The van der Waals surface area contributed by atoms with Crippen LogP contribution in [0.1, 0.15) is 26.3 Å². The maximum Gasteiger partial charge on any atom is 0.244 e. The van der Waals surface area contributed by atoms with E-state index in [1.54, 1.807) is 44.2 Å². The Balaban J connectivity index is 3.17. The third kappa shape index (κ3) is 2.24. The van der Waals surface area contributed by atoms with Gasteiger partial charge in [-0.3, -0.25) is 0 Å². The molecule has 0 aromatic heterocycles. The molecule has 1 nitrogen and oxygen atoms in total. The zero-order chi connectivity index (χ0) is 12.3. The summed E-state index contributed by atoms with van der Waals surface area (Å²) in [6.07, 6.45) is -2.53. The smallest absolute Gasteiger partial charge is 0.244 e. The molecule has 1 rings (SSSR count). The van der Waals surface area contributed by atoms with Gasteiger partial charge in [-0.2, -0.15) is 0 Å². The fourth-order valence-corrected chi connectivity index (χ4v) is 2.02. The van der Waals surface area contributed by atoms with Crippen LogP contribution in [-0.2, 0) is 5.60 Å². The highest BCUT2D eigenvalue weighted by Crippen LogP contribution is 2.39. The summed E-state index contributed by atoms with van der Waals surface area (Å²) in [6.45, 7) is 4.90. The van der Waals surface area contributed by atoms with Gasteiger partial charge in [0.15, 0.2) is 0 Å². The molecular formula is C13H18F2O. The van der Waals surface area contributed by atoms with Gasteiger partial charge in [0, 0.05) is 0 Å². The van der Waals surface area contributed by atoms with Gasteiger partial charge in [-0.15, -0.1) is 0 Å². The van der Waals surface area contributed by atoms with Gasteiger partial charge in [0.25, 0.3) is 0 Å². The van der Waals surface area contributed by atoms with E-state index in [-0.39, 0.29) is 5.92 Å². The maximum atomic E-state index is 12.8. The van der Waals surface area contributed by atoms with Crippen LogP contribution in [0.4, 0.5) is 8.78 Å². The van der Waals surface area contributed by atoms with Gasteiger partial charge in [-0.25, -0.2) is 8.78 Å². The molecule has 0 saturated heterocycles. The van der Waals surface area contributed by atoms with E-state index in [9.17, 15) is 13.9 Å². The van der Waals surface area contributed by atoms with Gasteiger partial charge >= 0.3 is 0 Å². The molecule has 0 spiro atoms. The Morgan fingerprint density at radius 1 is 1.06 bits per heavy atom. The van der Waals surface area contributed by atoms with E-state index in [0.717, 1.165) is 0 Å². The molecule has 1 aromatic carbocycles. The summed E-state index contributed by atoms with van der Waals surface area (Å²) in [5.74, 6) is -1.35. The number of hydrogen-bond acceptors (Lipinski definition) is 1. The Kier molecular flexibility index (Phi) is 4.03. The molecule has 1 aromatic rings. The molecule has 2 unspecified atom stereocenters. The molecule has 0 aliphatic heterocycles. The molecule has 0 bridgehead atoms. The molecule has 0 radical (unpaired) electrons. The molecular weight excluding hydrogens is 210 g/mol. The molecule has 90 valence electrons. The molecule has 0 fully saturated rings.